The molecule has 0 spiro atoms. The van der Waals surface area contributed by atoms with E-state index in [4.69, 9.17) is 0 Å². The predicted octanol–water partition coefficient (Wildman–Crippen LogP) is 2.32. The lowest BCUT2D eigenvalue weighted by molar-refractivity contribution is 0.385. The number of thiol groups is 1. The molecule has 0 aliphatic carbocycles. The molecule has 3 heteroatoms. The van der Waals surface area contributed by atoms with Gasteiger partial charge in [0.15, 0.2) is 0 Å². The van der Waals surface area contributed by atoms with E-state index >= 15 is 0 Å². The third-order valence-electron chi connectivity index (χ3n) is 2.25. The molecule has 0 saturated carbocycles. The highest BCUT2D eigenvalue weighted by atomic mass is 32.1. The molecule has 2 nitrogen and oxygen atoms in total. The Balaban J connectivity index is 2.75. The highest BCUT2D eigenvalue weighted by Crippen LogP contribution is 2.20. The summed E-state index contributed by atoms with van der Waals surface area (Å²) in [6.07, 6.45) is 2.11. The van der Waals surface area contributed by atoms with Gasteiger partial charge in [-0.2, -0.15) is 12.6 Å². The van der Waals surface area contributed by atoms with E-state index in [0.29, 0.717) is 5.75 Å². The Hall–Kier alpha value is -0.670. The van der Waals surface area contributed by atoms with Crippen LogP contribution >= 0.6 is 12.6 Å². The first-order valence-corrected chi connectivity index (χ1v) is 5.83. The summed E-state index contributed by atoms with van der Waals surface area (Å²) in [6, 6.07) is 5.85. The number of hydrogen-bond acceptors (Lipinski definition) is 3. The predicted molar refractivity (Wildman–Crippen MR) is 67.7 cm³/mol. The van der Waals surface area contributed by atoms with E-state index in [-0.39, 0.29) is 0 Å². The second-order valence-corrected chi connectivity index (χ2v) is 4.48. The molecule has 0 heterocycles. The Morgan fingerprint density at radius 3 is 2.67 bits per heavy atom. The Kier molecular flexibility index (Phi) is 4.99. The van der Waals surface area contributed by atoms with Gasteiger partial charge in [-0.3, -0.25) is 0 Å². The number of rotatable bonds is 5. The van der Waals surface area contributed by atoms with Gasteiger partial charge in [0.2, 0.25) is 0 Å². The van der Waals surface area contributed by atoms with Crippen molar-refractivity contribution in [3.63, 3.8) is 0 Å². The van der Waals surface area contributed by atoms with Gasteiger partial charge in [-0.1, -0.05) is 12.1 Å². The number of nitrogens with zero attached hydrogens (tertiary/aromatic N) is 1. The molecule has 0 fully saturated rings. The summed E-state index contributed by atoms with van der Waals surface area (Å²) in [4.78, 5) is 2.05. The van der Waals surface area contributed by atoms with Gasteiger partial charge in [0.05, 0.1) is 0 Å². The maximum absolute atomic E-state index is 9.67. The fraction of sp³-hybridized carbons (Fsp3) is 0.500. The molecule has 0 unspecified atom stereocenters. The second-order valence-electron chi connectivity index (χ2n) is 4.03. The van der Waals surface area contributed by atoms with Crippen molar-refractivity contribution in [2.75, 3.05) is 19.8 Å². The molecule has 0 radical (unpaired) electrons. The quantitative estimate of drug-likeness (QED) is 0.751. The summed E-state index contributed by atoms with van der Waals surface area (Å²) in [5.74, 6) is 1.29. The zero-order chi connectivity index (χ0) is 11.3. The van der Waals surface area contributed by atoms with Gasteiger partial charge in [0.25, 0.3) is 0 Å². The first-order chi connectivity index (χ1) is 7.13. The van der Waals surface area contributed by atoms with E-state index < -0.39 is 0 Å². The van der Waals surface area contributed by atoms with Crippen LogP contribution in [0.5, 0.6) is 5.75 Å². The average molecular weight is 225 g/mol. The fourth-order valence-corrected chi connectivity index (χ4v) is 1.70. The smallest absolute Gasteiger partial charge is 0.120 e. The molecule has 15 heavy (non-hydrogen) atoms. The highest BCUT2D eigenvalue weighted by Gasteiger charge is 2.03. The first kappa shape index (κ1) is 12.4. The van der Waals surface area contributed by atoms with Crippen molar-refractivity contribution in [2.24, 2.45) is 0 Å². The van der Waals surface area contributed by atoms with Crippen LogP contribution in [0.3, 0.4) is 0 Å². The van der Waals surface area contributed by atoms with E-state index in [0.717, 1.165) is 30.7 Å². The molecular weight excluding hydrogens is 206 g/mol. The van der Waals surface area contributed by atoms with Crippen LogP contribution < -0.4 is 0 Å². The molecule has 0 atom stereocenters. The Morgan fingerprint density at radius 1 is 1.33 bits per heavy atom. The summed E-state index contributed by atoms with van der Waals surface area (Å²) in [5, 5.41) is 9.67. The zero-order valence-corrected chi connectivity index (χ0v) is 10.3. The van der Waals surface area contributed by atoms with Crippen molar-refractivity contribution in [3.8, 4) is 5.75 Å². The number of phenols is 1. The minimum absolute atomic E-state index is 0.387. The molecule has 1 rings (SSSR count). The first-order valence-electron chi connectivity index (χ1n) is 5.20. The Bertz CT molecular complexity index is 312. The summed E-state index contributed by atoms with van der Waals surface area (Å²) in [5.41, 5.74) is 2.27. The Morgan fingerprint density at radius 2 is 2.07 bits per heavy atom. The van der Waals surface area contributed by atoms with Gasteiger partial charge in [0, 0.05) is 12.1 Å². The van der Waals surface area contributed by atoms with Crippen LogP contribution in [0.25, 0.3) is 0 Å². The minimum Gasteiger partial charge on any atom is -0.508 e. The summed E-state index contributed by atoms with van der Waals surface area (Å²) < 4.78 is 0. The molecule has 0 aliphatic heterocycles. The van der Waals surface area contributed by atoms with Gasteiger partial charge in [0.1, 0.15) is 5.75 Å². The number of aryl methyl sites for hydroxylation is 1. The van der Waals surface area contributed by atoms with Crippen molar-refractivity contribution < 1.29 is 5.11 Å². The normalized spacial score (nSPS) is 10.9. The van der Waals surface area contributed by atoms with Gasteiger partial charge < -0.3 is 10.0 Å². The van der Waals surface area contributed by atoms with E-state index in [2.05, 4.69) is 23.6 Å². The number of hydrogen-bond donors (Lipinski definition) is 2. The second kappa shape index (κ2) is 6.03. The molecule has 0 amide bonds. The largest absolute Gasteiger partial charge is 0.508 e. The third kappa shape index (κ3) is 4.14. The van der Waals surface area contributed by atoms with E-state index in [1.54, 1.807) is 6.07 Å². The lowest BCUT2D eigenvalue weighted by Gasteiger charge is -2.12. The number of aromatic hydroxyl groups is 1. The lowest BCUT2D eigenvalue weighted by Crippen LogP contribution is -2.11. The average Bonchev–Trinajstić information content (AvgIpc) is 2.18. The minimum atomic E-state index is 0.387. The molecule has 0 aromatic heterocycles. The lowest BCUT2D eigenvalue weighted by atomic mass is 10.1. The van der Waals surface area contributed by atoms with Gasteiger partial charge >= 0.3 is 0 Å². The highest BCUT2D eigenvalue weighted by molar-refractivity contribution is 7.80. The van der Waals surface area contributed by atoms with Crippen molar-refractivity contribution in [1.29, 1.82) is 0 Å². The van der Waals surface area contributed by atoms with Crippen LogP contribution in [0.15, 0.2) is 18.2 Å². The monoisotopic (exact) mass is 225 g/mol. The maximum atomic E-state index is 9.67. The summed E-state index contributed by atoms with van der Waals surface area (Å²) in [7, 11) is 4.00. The van der Waals surface area contributed by atoms with E-state index in [9.17, 15) is 5.11 Å². The molecule has 1 N–H and O–H groups in total. The fourth-order valence-electron chi connectivity index (χ4n) is 1.54. The molecule has 0 bridgehead atoms. The van der Waals surface area contributed by atoms with Crippen LogP contribution in [0, 0.1) is 0 Å². The van der Waals surface area contributed by atoms with Crippen molar-refractivity contribution in [2.45, 2.75) is 19.4 Å². The summed E-state index contributed by atoms with van der Waals surface area (Å²) in [6.45, 7) is 0.778. The molecule has 84 valence electrons. The van der Waals surface area contributed by atoms with Crippen LogP contribution in [0.4, 0.5) is 0 Å². The van der Waals surface area contributed by atoms with Gasteiger partial charge in [-0.15, -0.1) is 0 Å². The van der Waals surface area contributed by atoms with Gasteiger partial charge in [-0.25, -0.2) is 0 Å². The van der Waals surface area contributed by atoms with E-state index in [1.165, 1.54) is 5.56 Å². The van der Waals surface area contributed by atoms with Crippen LogP contribution in [0.2, 0.25) is 0 Å². The van der Waals surface area contributed by atoms with Crippen LogP contribution in [-0.4, -0.2) is 29.9 Å². The number of phenolic OH excluding ortho intramolecular Hbond substituents is 1. The zero-order valence-electron chi connectivity index (χ0n) is 9.40. The van der Waals surface area contributed by atoms with Crippen LogP contribution in [0.1, 0.15) is 17.5 Å². The van der Waals surface area contributed by atoms with Gasteiger partial charge in [-0.05, 0) is 44.3 Å². The van der Waals surface area contributed by atoms with Crippen molar-refractivity contribution >= 4 is 12.6 Å². The molecular formula is C12H19NOS. The topological polar surface area (TPSA) is 23.5 Å². The molecule has 0 aliphatic rings. The summed E-state index contributed by atoms with van der Waals surface area (Å²) >= 11 is 4.20. The standard InChI is InChI=1S/C12H19NOS/c1-13(2)9-11-8-10(4-3-7-15)5-6-12(11)14/h5-6,8,14-15H,3-4,7,9H2,1-2H3. The van der Waals surface area contributed by atoms with E-state index in [1.807, 2.05) is 20.2 Å². The SMILES string of the molecule is CN(C)Cc1cc(CCCS)ccc1O. The maximum Gasteiger partial charge on any atom is 0.120 e. The molecule has 1 aromatic rings. The Labute approximate surface area is 97.3 Å². The third-order valence-corrected chi connectivity index (χ3v) is 2.57. The van der Waals surface area contributed by atoms with Crippen LogP contribution in [-0.2, 0) is 13.0 Å². The number of benzene rings is 1. The molecule has 1 aromatic carbocycles. The van der Waals surface area contributed by atoms with Crippen molar-refractivity contribution in [1.82, 2.24) is 4.90 Å². The molecule has 0 saturated heterocycles. The van der Waals surface area contributed by atoms with Crippen molar-refractivity contribution in [3.05, 3.63) is 29.3 Å².